The Morgan fingerprint density at radius 1 is 1.24 bits per heavy atom. The number of rotatable bonds is 6. The van der Waals surface area contributed by atoms with Crippen molar-refractivity contribution < 1.29 is 14.3 Å². The number of aromatic nitrogens is 4. The Morgan fingerprint density at radius 3 is 2.63 bits per heavy atom. The number of likely N-dealkylation sites (tertiary alicyclic amines) is 1. The topological polar surface area (TPSA) is 108 Å². The zero-order valence-corrected chi connectivity index (χ0v) is 26.4. The monoisotopic (exact) mass is 640 g/mol. The molecule has 1 saturated heterocycles. The van der Waals surface area contributed by atoms with Crippen LogP contribution in [-0.4, -0.2) is 56.5 Å². The molecule has 3 heterocycles. The second-order valence-electron chi connectivity index (χ2n) is 11.4. The minimum absolute atomic E-state index is 0.0935. The van der Waals surface area contributed by atoms with Crippen molar-refractivity contribution >= 4 is 50.5 Å². The number of amides is 1. The van der Waals surface area contributed by atoms with Crippen LogP contribution in [0.5, 0.6) is 5.75 Å². The van der Waals surface area contributed by atoms with Gasteiger partial charge in [-0.15, -0.1) is 0 Å². The van der Waals surface area contributed by atoms with Gasteiger partial charge in [0, 0.05) is 30.5 Å². The average Bonchev–Trinajstić information content (AvgIpc) is 3.23. The number of methoxy groups -OCH3 is 1. The fraction of sp³-hybridized carbons (Fsp3) is 0.400. The van der Waals surface area contributed by atoms with Crippen molar-refractivity contribution in [3.05, 3.63) is 74.1 Å². The highest BCUT2D eigenvalue weighted by atomic mass is 79.9. The number of ether oxygens (including phenoxy) is 2. The van der Waals surface area contributed by atoms with E-state index in [0.29, 0.717) is 46.0 Å². The van der Waals surface area contributed by atoms with Gasteiger partial charge < -0.3 is 20.1 Å². The number of para-hydroxylation sites is 1. The molecule has 1 unspecified atom stereocenters. The molecule has 1 aliphatic heterocycles. The number of hydrogen-bond donors (Lipinski definition) is 1. The maximum Gasteiger partial charge on any atom is 0.410 e. The van der Waals surface area contributed by atoms with Gasteiger partial charge in [0.1, 0.15) is 28.1 Å². The number of fused-ring (bicyclic) bond motifs is 1. The summed E-state index contributed by atoms with van der Waals surface area (Å²) in [5.74, 6) is 1.26. The van der Waals surface area contributed by atoms with Crippen LogP contribution in [0.2, 0.25) is 5.02 Å². The summed E-state index contributed by atoms with van der Waals surface area (Å²) in [6, 6.07) is 9.78. The van der Waals surface area contributed by atoms with Crippen LogP contribution in [0.3, 0.4) is 0 Å². The lowest BCUT2D eigenvalue weighted by Gasteiger charge is -2.42. The summed E-state index contributed by atoms with van der Waals surface area (Å²) in [4.78, 5) is 23.1. The van der Waals surface area contributed by atoms with Crippen LogP contribution < -0.4 is 10.5 Å². The number of nitrogen functional groups attached to an aromatic ring is 1. The normalized spacial score (nSPS) is 14.7. The number of hydrogen-bond acceptors (Lipinski definition) is 7. The Balaban J connectivity index is 1.63. The molecule has 1 aliphatic rings. The zero-order chi connectivity index (χ0) is 29.6. The van der Waals surface area contributed by atoms with Crippen molar-refractivity contribution in [1.82, 2.24) is 24.6 Å². The van der Waals surface area contributed by atoms with E-state index < -0.39 is 5.60 Å². The Morgan fingerprint density at radius 2 is 1.95 bits per heavy atom. The summed E-state index contributed by atoms with van der Waals surface area (Å²) in [7, 11) is 1.68. The molecule has 0 spiro atoms. The molecular weight excluding hydrogens is 608 g/mol. The molecule has 2 aromatic carbocycles. The molecule has 11 heteroatoms. The lowest BCUT2D eigenvalue weighted by Crippen LogP contribution is -2.50. The quantitative estimate of drug-likeness (QED) is 0.250. The van der Waals surface area contributed by atoms with Crippen LogP contribution >= 0.6 is 27.5 Å². The van der Waals surface area contributed by atoms with Crippen molar-refractivity contribution in [1.29, 1.82) is 0 Å². The lowest BCUT2D eigenvalue weighted by molar-refractivity contribution is 0.00806. The predicted molar refractivity (Wildman–Crippen MR) is 164 cm³/mol. The van der Waals surface area contributed by atoms with Gasteiger partial charge in [0.2, 0.25) is 0 Å². The molecule has 0 bridgehead atoms. The number of carbonyl (C=O) groups excluding carboxylic acids is 1. The lowest BCUT2D eigenvalue weighted by atomic mass is 9.80. The fourth-order valence-corrected chi connectivity index (χ4v) is 6.27. The molecule has 41 heavy (non-hydrogen) atoms. The predicted octanol–water partition coefficient (Wildman–Crippen LogP) is 6.68. The summed E-state index contributed by atoms with van der Waals surface area (Å²) in [6.45, 7) is 10.8. The van der Waals surface area contributed by atoms with Crippen LogP contribution in [0.25, 0.3) is 11.0 Å². The Hall–Kier alpha value is -3.37. The maximum atomic E-state index is 12.8. The van der Waals surface area contributed by atoms with Gasteiger partial charge in [-0.25, -0.2) is 19.4 Å². The third-order valence-electron chi connectivity index (χ3n) is 7.51. The average molecular weight is 642 g/mol. The first-order chi connectivity index (χ1) is 19.4. The van der Waals surface area contributed by atoms with Crippen LogP contribution in [0.1, 0.15) is 67.5 Å². The number of halogens is 2. The molecule has 1 atom stereocenters. The van der Waals surface area contributed by atoms with Crippen molar-refractivity contribution in [2.45, 2.75) is 58.6 Å². The molecule has 4 aromatic rings. The van der Waals surface area contributed by atoms with Gasteiger partial charge in [-0.2, -0.15) is 5.10 Å². The molecule has 0 saturated carbocycles. The summed E-state index contributed by atoms with van der Waals surface area (Å²) in [5.41, 5.74) is 11.6. The Labute approximate surface area is 253 Å². The summed E-state index contributed by atoms with van der Waals surface area (Å²) in [6.07, 6.45) is 1.74. The fourth-order valence-electron chi connectivity index (χ4n) is 5.50. The van der Waals surface area contributed by atoms with E-state index in [9.17, 15) is 4.79 Å². The minimum atomic E-state index is -0.556. The molecule has 1 fully saturated rings. The van der Waals surface area contributed by atoms with Gasteiger partial charge in [-0.1, -0.05) is 29.8 Å². The molecule has 9 nitrogen and oxygen atoms in total. The van der Waals surface area contributed by atoms with Crippen molar-refractivity contribution in [2.75, 3.05) is 25.9 Å². The molecule has 1 amide bonds. The van der Waals surface area contributed by atoms with E-state index in [0.717, 1.165) is 33.6 Å². The first-order valence-electron chi connectivity index (χ1n) is 13.4. The smallest absolute Gasteiger partial charge is 0.410 e. The summed E-state index contributed by atoms with van der Waals surface area (Å²) < 4.78 is 13.8. The second-order valence-corrected chi connectivity index (χ2v) is 12.6. The van der Waals surface area contributed by atoms with E-state index in [1.54, 1.807) is 12.0 Å². The molecule has 0 aliphatic carbocycles. The largest absolute Gasteiger partial charge is 0.496 e. The van der Waals surface area contributed by atoms with E-state index in [-0.39, 0.29) is 18.1 Å². The molecule has 2 N–H and O–H groups in total. The standard InChI is InChI=1S/C30H34BrClN6O3/c1-16-22(32)12-20(17(2)38-28-25(26(31)36-38)27(33)34-15-35-28)21(11-18-9-7-8-10-23(18)40-6)24(16)19-13-37(14-19)29(39)41-30(3,4)5/h7-10,12,15,17,19H,11,13-14H2,1-6H3,(H2,33,34,35). The molecule has 5 rings (SSSR count). The van der Waals surface area contributed by atoms with Crippen LogP contribution in [0.4, 0.5) is 10.6 Å². The van der Waals surface area contributed by atoms with Gasteiger partial charge in [0.25, 0.3) is 0 Å². The van der Waals surface area contributed by atoms with Gasteiger partial charge in [0.05, 0.1) is 18.5 Å². The number of nitrogens with zero attached hydrogens (tertiary/aromatic N) is 5. The molecule has 2 aromatic heterocycles. The number of benzene rings is 2. The van der Waals surface area contributed by atoms with Gasteiger partial charge in [-0.3, -0.25) is 0 Å². The second kappa shape index (κ2) is 11.1. The first kappa shape index (κ1) is 29.1. The van der Waals surface area contributed by atoms with Crippen molar-refractivity contribution in [3.8, 4) is 5.75 Å². The maximum absolute atomic E-state index is 12.8. The minimum Gasteiger partial charge on any atom is -0.496 e. The molecular formula is C30H34BrClN6O3. The van der Waals surface area contributed by atoms with Crippen LogP contribution in [0, 0.1) is 6.92 Å². The number of anilines is 1. The number of nitrogens with two attached hydrogens (primary N) is 1. The van der Waals surface area contributed by atoms with Crippen molar-refractivity contribution in [3.63, 3.8) is 0 Å². The van der Waals surface area contributed by atoms with E-state index in [2.05, 4.69) is 38.9 Å². The zero-order valence-electron chi connectivity index (χ0n) is 24.0. The van der Waals surface area contributed by atoms with Gasteiger partial charge in [-0.05, 0) is 90.5 Å². The summed E-state index contributed by atoms with van der Waals surface area (Å²) in [5, 5.41) is 6.07. The van der Waals surface area contributed by atoms with Crippen molar-refractivity contribution in [2.24, 2.45) is 0 Å². The Bertz CT molecular complexity index is 1630. The Kier molecular flexibility index (Phi) is 7.91. The first-order valence-corrected chi connectivity index (χ1v) is 14.6. The third-order valence-corrected chi connectivity index (χ3v) is 8.46. The SMILES string of the molecule is COc1ccccc1Cc1c(C(C)n2nc(Br)c3c(N)ncnc32)cc(Cl)c(C)c1C1CN(C(=O)OC(C)(C)C)C1. The van der Waals surface area contributed by atoms with E-state index in [4.69, 9.17) is 31.9 Å². The van der Waals surface area contributed by atoms with E-state index in [1.807, 2.05) is 56.6 Å². The third kappa shape index (κ3) is 5.59. The van der Waals surface area contributed by atoms with E-state index >= 15 is 0 Å². The van der Waals surface area contributed by atoms with Crippen LogP contribution in [-0.2, 0) is 11.2 Å². The van der Waals surface area contributed by atoms with Gasteiger partial charge >= 0.3 is 6.09 Å². The highest BCUT2D eigenvalue weighted by molar-refractivity contribution is 9.10. The highest BCUT2D eigenvalue weighted by Gasteiger charge is 2.38. The molecule has 0 radical (unpaired) electrons. The highest BCUT2D eigenvalue weighted by Crippen LogP contribution is 2.42. The van der Waals surface area contributed by atoms with E-state index in [1.165, 1.54) is 6.33 Å². The number of carbonyl (C=O) groups is 1. The van der Waals surface area contributed by atoms with Gasteiger partial charge in [0.15, 0.2) is 5.65 Å². The molecule has 216 valence electrons. The van der Waals surface area contributed by atoms with Crippen LogP contribution in [0.15, 0.2) is 41.3 Å². The summed E-state index contributed by atoms with van der Waals surface area (Å²) >= 11 is 10.5.